The molecular weight excluding hydrogens is 426 g/mol. The molecule has 0 radical (unpaired) electrons. The molecule has 8 heteroatoms. The lowest BCUT2D eigenvalue weighted by Crippen LogP contribution is -2.42. The summed E-state index contributed by atoms with van der Waals surface area (Å²) in [5.74, 6) is -0.243. The van der Waals surface area contributed by atoms with Crippen LogP contribution in [-0.2, 0) is 14.8 Å². The number of carbonyl (C=O) groups excluding carboxylic acids is 2. The topological polar surface area (TPSA) is 86.8 Å². The average Bonchev–Trinajstić information content (AvgIpc) is 3.07. The van der Waals surface area contributed by atoms with Gasteiger partial charge >= 0.3 is 0 Å². The molecule has 0 spiro atoms. The Hall–Kier alpha value is -2.71. The van der Waals surface area contributed by atoms with Crippen LogP contribution in [0.5, 0.6) is 0 Å². The molecule has 2 heterocycles. The van der Waals surface area contributed by atoms with E-state index in [4.69, 9.17) is 0 Å². The number of benzene rings is 2. The van der Waals surface area contributed by atoms with Crippen LogP contribution >= 0.6 is 0 Å². The van der Waals surface area contributed by atoms with Crippen molar-refractivity contribution in [1.29, 1.82) is 0 Å². The second-order valence-corrected chi connectivity index (χ2v) is 10.6. The van der Waals surface area contributed by atoms with Crippen LogP contribution in [0.3, 0.4) is 0 Å². The number of likely N-dealkylation sites (tertiary alicyclic amines) is 1. The number of rotatable bonds is 6. The number of carbonyl (C=O) groups is 2. The molecule has 7 nitrogen and oxygen atoms in total. The molecule has 2 aromatic carbocycles. The highest BCUT2D eigenvalue weighted by molar-refractivity contribution is 7.94. The number of piperidine rings is 1. The van der Waals surface area contributed by atoms with Gasteiger partial charge in [0.15, 0.2) is 0 Å². The zero-order valence-corrected chi connectivity index (χ0v) is 19.1. The zero-order valence-electron chi connectivity index (χ0n) is 18.2. The van der Waals surface area contributed by atoms with Gasteiger partial charge in [0.25, 0.3) is 5.91 Å². The Bertz CT molecular complexity index is 1080. The fourth-order valence-electron chi connectivity index (χ4n) is 4.41. The van der Waals surface area contributed by atoms with E-state index in [0.717, 1.165) is 35.8 Å². The molecule has 0 aromatic heterocycles. The predicted molar refractivity (Wildman–Crippen MR) is 124 cm³/mol. The second kappa shape index (κ2) is 9.42. The number of nitrogens with zero attached hydrogens (tertiary/aromatic N) is 2. The molecule has 1 N–H and O–H groups in total. The normalized spacial score (nSPS) is 20.3. The SMILES string of the molecule is CC1CCN(C(CNC(=O)c2cccc(N3C(=O)CCS3(=O)=O)c2)c2ccccc2)CC1. The lowest BCUT2D eigenvalue weighted by Gasteiger charge is -2.37. The third-order valence-corrected chi connectivity index (χ3v) is 8.01. The average molecular weight is 456 g/mol. The van der Waals surface area contributed by atoms with Crippen molar-refractivity contribution in [2.45, 2.75) is 32.2 Å². The molecule has 0 bridgehead atoms. The first-order valence-corrected chi connectivity index (χ1v) is 12.7. The standard InChI is InChI=1S/C24H29N3O4S/c1-18-10-13-26(14-11-18)22(19-6-3-2-4-7-19)17-25-24(29)20-8-5-9-21(16-20)27-23(28)12-15-32(27,30)31/h2-9,16,18,22H,10-15,17H2,1H3,(H,25,29). The fourth-order valence-corrected chi connectivity index (χ4v) is 5.86. The maximum absolute atomic E-state index is 12.9. The highest BCUT2D eigenvalue weighted by Gasteiger charge is 2.36. The van der Waals surface area contributed by atoms with Crippen LogP contribution in [0.25, 0.3) is 0 Å². The fraction of sp³-hybridized carbons (Fsp3) is 0.417. The van der Waals surface area contributed by atoms with Crippen molar-refractivity contribution >= 4 is 27.5 Å². The molecule has 170 valence electrons. The van der Waals surface area contributed by atoms with Crippen molar-refractivity contribution in [2.75, 3.05) is 29.7 Å². The van der Waals surface area contributed by atoms with E-state index in [2.05, 4.69) is 29.3 Å². The Morgan fingerprint density at radius 2 is 1.81 bits per heavy atom. The van der Waals surface area contributed by atoms with Gasteiger partial charge in [-0.25, -0.2) is 12.7 Å². The van der Waals surface area contributed by atoms with Crippen LogP contribution < -0.4 is 9.62 Å². The zero-order chi connectivity index (χ0) is 22.7. The molecule has 0 aliphatic carbocycles. The number of sulfonamides is 1. The Morgan fingerprint density at radius 1 is 1.09 bits per heavy atom. The number of anilines is 1. The molecular formula is C24H29N3O4S. The van der Waals surface area contributed by atoms with Gasteiger partial charge in [0, 0.05) is 18.5 Å². The monoisotopic (exact) mass is 455 g/mol. The first kappa shape index (κ1) is 22.5. The van der Waals surface area contributed by atoms with Crippen LogP contribution in [0.2, 0.25) is 0 Å². The van der Waals surface area contributed by atoms with Crippen molar-refractivity contribution < 1.29 is 18.0 Å². The highest BCUT2D eigenvalue weighted by Crippen LogP contribution is 2.28. The van der Waals surface area contributed by atoms with Gasteiger partial charge in [-0.2, -0.15) is 0 Å². The lowest BCUT2D eigenvalue weighted by molar-refractivity contribution is -0.116. The summed E-state index contributed by atoms with van der Waals surface area (Å²) in [6.45, 7) is 4.69. The van der Waals surface area contributed by atoms with Gasteiger partial charge in [0.1, 0.15) is 0 Å². The van der Waals surface area contributed by atoms with E-state index in [9.17, 15) is 18.0 Å². The summed E-state index contributed by atoms with van der Waals surface area (Å²) in [5, 5.41) is 3.02. The summed E-state index contributed by atoms with van der Waals surface area (Å²) in [6, 6.07) is 16.5. The summed E-state index contributed by atoms with van der Waals surface area (Å²) in [7, 11) is -3.67. The molecule has 32 heavy (non-hydrogen) atoms. The molecule has 2 fully saturated rings. The molecule has 2 amide bonds. The van der Waals surface area contributed by atoms with Crippen LogP contribution in [0.4, 0.5) is 5.69 Å². The van der Waals surface area contributed by atoms with Crippen LogP contribution in [0, 0.1) is 5.92 Å². The van der Waals surface area contributed by atoms with Gasteiger partial charge in [-0.1, -0.05) is 43.3 Å². The van der Waals surface area contributed by atoms with Crippen LogP contribution in [0.1, 0.15) is 48.1 Å². The van der Waals surface area contributed by atoms with Gasteiger partial charge in [0.05, 0.1) is 17.5 Å². The van der Waals surface area contributed by atoms with Gasteiger partial charge < -0.3 is 5.32 Å². The number of hydrogen-bond donors (Lipinski definition) is 1. The molecule has 0 saturated carbocycles. The van der Waals surface area contributed by atoms with Crippen molar-refractivity contribution in [3.8, 4) is 0 Å². The Morgan fingerprint density at radius 3 is 2.47 bits per heavy atom. The largest absolute Gasteiger partial charge is 0.350 e. The first-order chi connectivity index (χ1) is 15.3. The predicted octanol–water partition coefficient (Wildman–Crippen LogP) is 2.96. The third-order valence-electron chi connectivity index (χ3n) is 6.32. The summed E-state index contributed by atoms with van der Waals surface area (Å²) < 4.78 is 25.3. The van der Waals surface area contributed by atoms with E-state index in [1.54, 1.807) is 18.2 Å². The summed E-state index contributed by atoms with van der Waals surface area (Å²) in [5.41, 5.74) is 1.70. The highest BCUT2D eigenvalue weighted by atomic mass is 32.2. The van der Waals surface area contributed by atoms with Crippen LogP contribution in [0.15, 0.2) is 54.6 Å². The number of amides is 2. The number of hydrogen-bond acceptors (Lipinski definition) is 5. The summed E-state index contributed by atoms with van der Waals surface area (Å²) in [6.07, 6.45) is 2.24. The van der Waals surface area contributed by atoms with Gasteiger partial charge in [-0.15, -0.1) is 0 Å². The van der Waals surface area contributed by atoms with Gasteiger partial charge in [0.2, 0.25) is 15.9 Å². The lowest BCUT2D eigenvalue weighted by atomic mass is 9.95. The maximum Gasteiger partial charge on any atom is 0.251 e. The summed E-state index contributed by atoms with van der Waals surface area (Å²) in [4.78, 5) is 27.4. The van der Waals surface area contributed by atoms with E-state index in [-0.39, 0.29) is 29.8 Å². The molecule has 1 atom stereocenters. The first-order valence-electron chi connectivity index (χ1n) is 11.1. The molecule has 4 rings (SSSR count). The molecule has 2 aliphatic rings. The Labute approximate surface area is 189 Å². The van der Waals surface area contributed by atoms with Crippen molar-refractivity contribution in [3.05, 3.63) is 65.7 Å². The Kier molecular flexibility index (Phi) is 6.62. The molecule has 2 aliphatic heterocycles. The minimum atomic E-state index is -3.67. The molecule has 2 saturated heterocycles. The minimum absolute atomic E-state index is 0.0357. The van der Waals surface area contributed by atoms with Gasteiger partial charge in [-0.05, 0) is 55.6 Å². The van der Waals surface area contributed by atoms with Crippen molar-refractivity contribution in [3.63, 3.8) is 0 Å². The van der Waals surface area contributed by atoms with Crippen molar-refractivity contribution in [1.82, 2.24) is 10.2 Å². The quantitative estimate of drug-likeness (QED) is 0.724. The van der Waals surface area contributed by atoms with Crippen molar-refractivity contribution in [2.24, 2.45) is 5.92 Å². The smallest absolute Gasteiger partial charge is 0.251 e. The van der Waals surface area contributed by atoms with E-state index < -0.39 is 15.9 Å². The van der Waals surface area contributed by atoms with E-state index in [1.165, 1.54) is 6.07 Å². The third kappa shape index (κ3) is 4.86. The van der Waals surface area contributed by atoms with E-state index >= 15 is 0 Å². The Balaban J connectivity index is 1.49. The molecule has 2 aromatic rings. The van der Waals surface area contributed by atoms with Crippen LogP contribution in [-0.4, -0.2) is 50.5 Å². The number of nitrogens with one attached hydrogen (secondary N) is 1. The van der Waals surface area contributed by atoms with Gasteiger partial charge in [-0.3, -0.25) is 14.5 Å². The molecule has 1 unspecified atom stereocenters. The van der Waals surface area contributed by atoms with E-state index in [1.807, 2.05) is 18.2 Å². The summed E-state index contributed by atoms with van der Waals surface area (Å²) >= 11 is 0. The van der Waals surface area contributed by atoms with E-state index in [0.29, 0.717) is 18.0 Å². The minimum Gasteiger partial charge on any atom is -0.350 e. The second-order valence-electron chi connectivity index (χ2n) is 8.63. The maximum atomic E-state index is 12.9.